The smallest absolute Gasteiger partial charge is 0.00184 e. The fourth-order valence-corrected chi connectivity index (χ4v) is 1.10. The summed E-state index contributed by atoms with van der Waals surface area (Å²) >= 11 is 0. The average molecular weight is 139 g/mol. The first-order valence-electron chi connectivity index (χ1n) is 3.94. The van der Waals surface area contributed by atoms with Gasteiger partial charge in [0.25, 0.3) is 0 Å². The lowest BCUT2D eigenvalue weighted by atomic mass is 10.4. The van der Waals surface area contributed by atoms with E-state index in [9.17, 15) is 0 Å². The van der Waals surface area contributed by atoms with Crippen molar-refractivity contribution in [3.8, 4) is 12.3 Å². The van der Waals surface area contributed by atoms with E-state index < -0.39 is 0 Å². The van der Waals surface area contributed by atoms with E-state index in [1.807, 2.05) is 0 Å². The van der Waals surface area contributed by atoms with Gasteiger partial charge in [0.2, 0.25) is 0 Å². The molecular formula is C9H17N. The monoisotopic (exact) mass is 139 g/mol. The lowest BCUT2D eigenvalue weighted by Crippen LogP contribution is -2.17. The average Bonchev–Trinajstić information content (AvgIpc) is 2.39. The molecule has 0 spiro atoms. The zero-order chi connectivity index (χ0) is 7.82. The molecule has 1 aliphatic heterocycles. The van der Waals surface area contributed by atoms with Crippen LogP contribution in [0.5, 0.6) is 0 Å². The first-order chi connectivity index (χ1) is 4.85. The maximum atomic E-state index is 4.60. The number of hydrogen-bond donors (Lipinski definition) is 0. The lowest BCUT2D eigenvalue weighted by Gasteiger charge is -2.08. The van der Waals surface area contributed by atoms with Gasteiger partial charge >= 0.3 is 0 Å². The number of terminal acetylenes is 1. The van der Waals surface area contributed by atoms with Gasteiger partial charge in [-0.15, -0.1) is 12.3 Å². The Morgan fingerprint density at radius 3 is 2.00 bits per heavy atom. The predicted octanol–water partition coefficient (Wildman–Crippen LogP) is 1.74. The molecule has 1 aliphatic rings. The van der Waals surface area contributed by atoms with Crippen LogP contribution in [0.2, 0.25) is 0 Å². The second-order valence-corrected chi connectivity index (χ2v) is 2.43. The summed E-state index contributed by atoms with van der Waals surface area (Å²) in [5.74, 6) is 2.25. The Kier molecular flexibility index (Phi) is 6.32. The van der Waals surface area contributed by atoms with Gasteiger partial charge in [-0.25, -0.2) is 0 Å². The first-order valence-corrected chi connectivity index (χ1v) is 3.94. The van der Waals surface area contributed by atoms with Gasteiger partial charge in [0, 0.05) is 0 Å². The molecule has 0 amide bonds. The molecule has 1 fully saturated rings. The highest BCUT2D eigenvalue weighted by molar-refractivity contribution is 4.73. The molecule has 0 aromatic carbocycles. The number of rotatable bonds is 1. The minimum atomic E-state index is 1.25. The zero-order valence-corrected chi connectivity index (χ0v) is 7.06. The minimum absolute atomic E-state index is 1.25. The molecule has 0 radical (unpaired) electrons. The van der Waals surface area contributed by atoms with E-state index in [1.165, 1.54) is 32.5 Å². The molecule has 58 valence electrons. The summed E-state index contributed by atoms with van der Waals surface area (Å²) in [6.07, 6.45) is 7.45. The highest BCUT2D eigenvalue weighted by atomic mass is 15.1. The van der Waals surface area contributed by atoms with Gasteiger partial charge in [-0.05, 0) is 39.4 Å². The Morgan fingerprint density at radius 2 is 1.80 bits per heavy atom. The van der Waals surface area contributed by atoms with Crippen molar-refractivity contribution in [3.63, 3.8) is 0 Å². The van der Waals surface area contributed by atoms with Crippen molar-refractivity contribution in [3.05, 3.63) is 0 Å². The quantitative estimate of drug-likeness (QED) is 0.500. The summed E-state index contributed by atoms with van der Waals surface area (Å²) in [6, 6.07) is 0. The standard InChI is InChI=1S/C6H13N.C3H4/c1-2-7-5-3-4-6-7;1-3-2/h2-6H2,1H3;1H,2H3. The van der Waals surface area contributed by atoms with Crippen molar-refractivity contribution < 1.29 is 0 Å². The number of hydrogen-bond acceptors (Lipinski definition) is 1. The Balaban J connectivity index is 0.000000236. The first kappa shape index (κ1) is 9.52. The molecule has 0 aromatic heterocycles. The van der Waals surface area contributed by atoms with Gasteiger partial charge in [-0.2, -0.15) is 0 Å². The van der Waals surface area contributed by atoms with Crippen molar-refractivity contribution in [2.24, 2.45) is 0 Å². The van der Waals surface area contributed by atoms with Crippen LogP contribution in [0, 0.1) is 12.3 Å². The Labute approximate surface area is 64.4 Å². The van der Waals surface area contributed by atoms with Crippen LogP contribution >= 0.6 is 0 Å². The third-order valence-electron chi connectivity index (χ3n) is 1.65. The topological polar surface area (TPSA) is 3.24 Å². The van der Waals surface area contributed by atoms with E-state index in [4.69, 9.17) is 0 Å². The normalized spacial score (nSPS) is 17.3. The fourth-order valence-electron chi connectivity index (χ4n) is 1.10. The molecule has 0 unspecified atom stereocenters. The zero-order valence-electron chi connectivity index (χ0n) is 7.06. The van der Waals surface area contributed by atoms with Gasteiger partial charge in [0.15, 0.2) is 0 Å². The van der Waals surface area contributed by atoms with Crippen molar-refractivity contribution in [2.75, 3.05) is 19.6 Å². The molecule has 0 saturated carbocycles. The predicted molar refractivity (Wildman–Crippen MR) is 45.9 cm³/mol. The molecule has 0 aromatic rings. The van der Waals surface area contributed by atoms with E-state index in [1.54, 1.807) is 6.92 Å². The molecule has 0 N–H and O–H groups in total. The highest BCUT2D eigenvalue weighted by Crippen LogP contribution is 2.04. The second kappa shape index (κ2) is 6.64. The van der Waals surface area contributed by atoms with E-state index in [0.29, 0.717) is 0 Å². The molecule has 10 heavy (non-hydrogen) atoms. The summed E-state index contributed by atoms with van der Waals surface area (Å²) < 4.78 is 0. The van der Waals surface area contributed by atoms with Crippen LogP contribution in [-0.4, -0.2) is 24.5 Å². The Hall–Kier alpha value is -0.480. The molecule has 1 rings (SSSR count). The number of nitrogens with zero attached hydrogens (tertiary/aromatic N) is 1. The van der Waals surface area contributed by atoms with Crippen LogP contribution in [0.3, 0.4) is 0 Å². The maximum Gasteiger partial charge on any atom is -0.00184 e. The van der Waals surface area contributed by atoms with E-state index in [2.05, 4.69) is 24.2 Å². The molecule has 0 bridgehead atoms. The summed E-state index contributed by atoms with van der Waals surface area (Å²) in [4.78, 5) is 2.49. The molecule has 0 atom stereocenters. The van der Waals surface area contributed by atoms with Crippen molar-refractivity contribution in [1.29, 1.82) is 0 Å². The summed E-state index contributed by atoms with van der Waals surface area (Å²) in [6.45, 7) is 7.82. The highest BCUT2D eigenvalue weighted by Gasteiger charge is 2.06. The third kappa shape index (κ3) is 4.40. The maximum absolute atomic E-state index is 4.60. The van der Waals surface area contributed by atoms with Gasteiger partial charge in [-0.3, -0.25) is 0 Å². The fraction of sp³-hybridized carbons (Fsp3) is 0.778. The molecule has 1 heterocycles. The molecule has 1 saturated heterocycles. The number of likely N-dealkylation sites (tertiary alicyclic amines) is 1. The molecule has 1 heteroatoms. The van der Waals surface area contributed by atoms with Crippen LogP contribution < -0.4 is 0 Å². The molecule has 1 nitrogen and oxygen atoms in total. The van der Waals surface area contributed by atoms with Gasteiger partial charge in [0.1, 0.15) is 0 Å². The van der Waals surface area contributed by atoms with Crippen LogP contribution in [0.1, 0.15) is 26.7 Å². The summed E-state index contributed by atoms with van der Waals surface area (Å²) in [7, 11) is 0. The minimum Gasteiger partial charge on any atom is -0.304 e. The van der Waals surface area contributed by atoms with Gasteiger partial charge in [-0.1, -0.05) is 6.92 Å². The van der Waals surface area contributed by atoms with Crippen LogP contribution in [0.4, 0.5) is 0 Å². The molecular weight excluding hydrogens is 122 g/mol. The Bertz CT molecular complexity index is 95.8. The van der Waals surface area contributed by atoms with Crippen molar-refractivity contribution in [2.45, 2.75) is 26.7 Å². The van der Waals surface area contributed by atoms with Crippen molar-refractivity contribution >= 4 is 0 Å². The second-order valence-electron chi connectivity index (χ2n) is 2.43. The van der Waals surface area contributed by atoms with Crippen LogP contribution in [0.15, 0.2) is 0 Å². The van der Waals surface area contributed by atoms with Crippen molar-refractivity contribution in [1.82, 2.24) is 4.90 Å². The molecule has 0 aliphatic carbocycles. The third-order valence-corrected chi connectivity index (χ3v) is 1.65. The largest absolute Gasteiger partial charge is 0.304 e. The lowest BCUT2D eigenvalue weighted by molar-refractivity contribution is 0.359. The van der Waals surface area contributed by atoms with Gasteiger partial charge in [0.05, 0.1) is 0 Å². The summed E-state index contributed by atoms with van der Waals surface area (Å²) in [5.41, 5.74) is 0. The van der Waals surface area contributed by atoms with E-state index in [-0.39, 0.29) is 0 Å². The van der Waals surface area contributed by atoms with Crippen LogP contribution in [-0.2, 0) is 0 Å². The van der Waals surface area contributed by atoms with Crippen LogP contribution in [0.25, 0.3) is 0 Å². The van der Waals surface area contributed by atoms with E-state index in [0.717, 1.165) is 0 Å². The Morgan fingerprint density at radius 1 is 1.40 bits per heavy atom. The van der Waals surface area contributed by atoms with Gasteiger partial charge < -0.3 is 4.90 Å². The summed E-state index contributed by atoms with van der Waals surface area (Å²) in [5, 5.41) is 0. The SMILES string of the molecule is C#CC.CCN1CCCC1. The van der Waals surface area contributed by atoms with E-state index >= 15 is 0 Å².